The molecule has 0 N–H and O–H groups in total. The predicted molar refractivity (Wildman–Crippen MR) is 70.4 cm³/mol. The Kier molecular flexibility index (Phi) is 2.77. The Balaban J connectivity index is 1.85. The van der Waals surface area contributed by atoms with Crippen LogP contribution in [0.2, 0.25) is 0 Å². The molecule has 1 saturated heterocycles. The number of nitrogens with zero attached hydrogens (tertiary/aromatic N) is 2. The van der Waals surface area contributed by atoms with Crippen LogP contribution in [-0.2, 0) is 15.4 Å². The van der Waals surface area contributed by atoms with Crippen molar-refractivity contribution in [3.05, 3.63) is 18.0 Å². The zero-order valence-corrected chi connectivity index (χ0v) is 11.6. The lowest BCUT2D eigenvalue weighted by molar-refractivity contribution is 0.325. The standard InChI is InChI=1S/C13H20N2O2S/c1-13(7-9-18(16,17)10-13)15-8-6-12(14-15)11-4-2-3-5-11/h6,8,11H,2-5,7,9-10H2,1H3. The van der Waals surface area contributed by atoms with E-state index in [1.807, 2.05) is 17.8 Å². The average molecular weight is 268 g/mol. The lowest BCUT2D eigenvalue weighted by atomic mass is 10.0. The number of hydrogen-bond acceptors (Lipinski definition) is 3. The summed E-state index contributed by atoms with van der Waals surface area (Å²) in [6.07, 6.45) is 7.69. The van der Waals surface area contributed by atoms with E-state index >= 15 is 0 Å². The minimum absolute atomic E-state index is 0.228. The fourth-order valence-electron chi connectivity index (χ4n) is 3.25. The highest BCUT2D eigenvalue weighted by molar-refractivity contribution is 7.91. The van der Waals surface area contributed by atoms with Gasteiger partial charge in [0.05, 0.1) is 22.7 Å². The van der Waals surface area contributed by atoms with Crippen molar-refractivity contribution in [3.63, 3.8) is 0 Å². The van der Waals surface area contributed by atoms with Gasteiger partial charge < -0.3 is 0 Å². The first kappa shape index (κ1) is 12.2. The van der Waals surface area contributed by atoms with Gasteiger partial charge in [-0.2, -0.15) is 5.10 Å². The normalized spacial score (nSPS) is 32.1. The fourth-order valence-corrected chi connectivity index (χ4v) is 5.37. The van der Waals surface area contributed by atoms with E-state index in [4.69, 9.17) is 0 Å². The summed E-state index contributed by atoms with van der Waals surface area (Å²) >= 11 is 0. The van der Waals surface area contributed by atoms with Crippen molar-refractivity contribution in [2.45, 2.75) is 50.5 Å². The largest absolute Gasteiger partial charge is 0.266 e. The molecule has 4 nitrogen and oxygen atoms in total. The molecule has 3 rings (SSSR count). The number of rotatable bonds is 2. The minimum Gasteiger partial charge on any atom is -0.266 e. The van der Waals surface area contributed by atoms with Crippen LogP contribution in [0.25, 0.3) is 0 Å². The molecular formula is C13H20N2O2S. The van der Waals surface area contributed by atoms with Crippen LogP contribution in [0.5, 0.6) is 0 Å². The predicted octanol–water partition coefficient (Wildman–Crippen LogP) is 2.07. The lowest BCUT2D eigenvalue weighted by Gasteiger charge is -2.22. The molecule has 2 heterocycles. The van der Waals surface area contributed by atoms with Crippen LogP contribution in [0.3, 0.4) is 0 Å². The first-order chi connectivity index (χ1) is 8.49. The van der Waals surface area contributed by atoms with Crippen LogP contribution in [0, 0.1) is 0 Å². The Morgan fingerprint density at radius 3 is 2.72 bits per heavy atom. The highest BCUT2D eigenvalue weighted by Crippen LogP contribution is 2.35. The maximum absolute atomic E-state index is 11.6. The van der Waals surface area contributed by atoms with E-state index in [1.54, 1.807) is 0 Å². The highest BCUT2D eigenvalue weighted by atomic mass is 32.2. The Hall–Kier alpha value is -0.840. The van der Waals surface area contributed by atoms with Gasteiger partial charge in [-0.05, 0) is 32.3 Å². The van der Waals surface area contributed by atoms with E-state index in [1.165, 1.54) is 25.7 Å². The third-order valence-corrected chi connectivity index (χ3v) is 6.31. The lowest BCUT2D eigenvalue weighted by Crippen LogP contribution is -2.32. The average Bonchev–Trinajstić information content (AvgIpc) is 2.98. The van der Waals surface area contributed by atoms with Crippen molar-refractivity contribution in [1.82, 2.24) is 9.78 Å². The second-order valence-electron chi connectivity index (χ2n) is 6.01. The van der Waals surface area contributed by atoms with Crippen molar-refractivity contribution >= 4 is 9.84 Å². The van der Waals surface area contributed by atoms with Gasteiger partial charge in [-0.15, -0.1) is 0 Å². The maximum atomic E-state index is 11.6. The zero-order chi connectivity index (χ0) is 12.8. The first-order valence-corrected chi connectivity index (χ1v) is 8.57. The van der Waals surface area contributed by atoms with Gasteiger partial charge in [-0.1, -0.05) is 12.8 Å². The van der Waals surface area contributed by atoms with Gasteiger partial charge in [0.2, 0.25) is 0 Å². The van der Waals surface area contributed by atoms with Crippen LogP contribution in [0.1, 0.15) is 50.6 Å². The summed E-state index contributed by atoms with van der Waals surface area (Å²) in [5.41, 5.74) is 0.813. The van der Waals surface area contributed by atoms with Crippen molar-refractivity contribution in [2.75, 3.05) is 11.5 Å². The molecule has 0 bridgehead atoms. The molecule has 1 aliphatic heterocycles. The van der Waals surface area contributed by atoms with E-state index in [9.17, 15) is 8.42 Å². The quantitative estimate of drug-likeness (QED) is 0.825. The molecule has 100 valence electrons. The number of aromatic nitrogens is 2. The molecular weight excluding hydrogens is 248 g/mol. The summed E-state index contributed by atoms with van der Waals surface area (Å²) in [5.74, 6) is 1.11. The molecule has 1 saturated carbocycles. The van der Waals surface area contributed by atoms with Crippen molar-refractivity contribution in [1.29, 1.82) is 0 Å². The van der Waals surface area contributed by atoms with Gasteiger partial charge in [0.1, 0.15) is 0 Å². The van der Waals surface area contributed by atoms with Crippen LogP contribution in [0.4, 0.5) is 0 Å². The summed E-state index contributed by atoms with van der Waals surface area (Å²) in [5, 5.41) is 4.66. The van der Waals surface area contributed by atoms with E-state index in [2.05, 4.69) is 11.2 Å². The van der Waals surface area contributed by atoms with E-state index in [0.29, 0.717) is 18.1 Å². The molecule has 18 heavy (non-hydrogen) atoms. The molecule has 2 aliphatic rings. The Bertz CT molecular complexity index is 543. The van der Waals surface area contributed by atoms with Gasteiger partial charge in [-0.25, -0.2) is 8.42 Å². The molecule has 1 atom stereocenters. The van der Waals surface area contributed by atoms with E-state index in [-0.39, 0.29) is 11.3 Å². The number of sulfone groups is 1. The third kappa shape index (κ3) is 2.09. The first-order valence-electron chi connectivity index (χ1n) is 6.75. The molecule has 1 aliphatic carbocycles. The highest BCUT2D eigenvalue weighted by Gasteiger charge is 2.40. The monoisotopic (exact) mass is 268 g/mol. The van der Waals surface area contributed by atoms with E-state index in [0.717, 1.165) is 5.69 Å². The smallest absolute Gasteiger partial charge is 0.152 e. The molecule has 2 fully saturated rings. The second kappa shape index (κ2) is 4.08. The van der Waals surface area contributed by atoms with Gasteiger partial charge in [0.25, 0.3) is 0 Å². The Morgan fingerprint density at radius 1 is 1.39 bits per heavy atom. The Morgan fingerprint density at radius 2 is 2.11 bits per heavy atom. The molecule has 1 aromatic rings. The summed E-state index contributed by atoms with van der Waals surface area (Å²) in [6.45, 7) is 2.00. The van der Waals surface area contributed by atoms with Gasteiger partial charge in [0.15, 0.2) is 9.84 Å². The summed E-state index contributed by atoms with van der Waals surface area (Å²) in [4.78, 5) is 0. The molecule has 5 heteroatoms. The molecule has 0 radical (unpaired) electrons. The van der Waals surface area contributed by atoms with Crippen LogP contribution in [-0.4, -0.2) is 29.7 Å². The maximum Gasteiger partial charge on any atom is 0.152 e. The SMILES string of the molecule is CC1(n2ccc(C3CCCC3)n2)CCS(=O)(=O)C1. The van der Waals surface area contributed by atoms with Crippen molar-refractivity contribution in [3.8, 4) is 0 Å². The third-order valence-electron chi connectivity index (χ3n) is 4.42. The summed E-state index contributed by atoms with van der Waals surface area (Å²) < 4.78 is 25.2. The van der Waals surface area contributed by atoms with Gasteiger partial charge >= 0.3 is 0 Å². The molecule has 0 spiro atoms. The van der Waals surface area contributed by atoms with E-state index < -0.39 is 9.84 Å². The summed E-state index contributed by atoms with van der Waals surface area (Å²) in [6, 6.07) is 2.08. The van der Waals surface area contributed by atoms with Crippen molar-refractivity contribution in [2.24, 2.45) is 0 Å². The molecule has 1 unspecified atom stereocenters. The minimum atomic E-state index is -2.87. The van der Waals surface area contributed by atoms with Gasteiger partial charge in [-0.3, -0.25) is 4.68 Å². The summed E-state index contributed by atoms with van der Waals surface area (Å²) in [7, 11) is -2.87. The topological polar surface area (TPSA) is 52.0 Å². The Labute approximate surface area is 108 Å². The molecule has 1 aromatic heterocycles. The van der Waals surface area contributed by atoms with Crippen LogP contribution < -0.4 is 0 Å². The van der Waals surface area contributed by atoms with Crippen molar-refractivity contribution < 1.29 is 8.42 Å². The number of hydrogen-bond donors (Lipinski definition) is 0. The molecule has 0 amide bonds. The van der Waals surface area contributed by atoms with Crippen LogP contribution in [0.15, 0.2) is 12.3 Å². The van der Waals surface area contributed by atoms with Gasteiger partial charge in [0, 0.05) is 12.1 Å². The molecule has 0 aromatic carbocycles. The van der Waals surface area contributed by atoms with Crippen LogP contribution >= 0.6 is 0 Å². The fraction of sp³-hybridized carbons (Fsp3) is 0.769. The second-order valence-corrected chi connectivity index (χ2v) is 8.19. The zero-order valence-electron chi connectivity index (χ0n) is 10.8.